The van der Waals surface area contributed by atoms with Crippen molar-refractivity contribution in [1.82, 2.24) is 14.8 Å². The fraction of sp³-hybridized carbons (Fsp3) is 0.385. The molecule has 4 rings (SSSR count). The number of amides is 2. The van der Waals surface area contributed by atoms with E-state index in [2.05, 4.69) is 28.9 Å². The number of carbonyl (C=O) groups is 2. The number of nitrogens with zero attached hydrogens (tertiary/aromatic N) is 2. The lowest BCUT2D eigenvalue weighted by Gasteiger charge is -2.26. The van der Waals surface area contributed by atoms with Crippen LogP contribution in [-0.4, -0.2) is 47.1 Å². The predicted molar refractivity (Wildman–Crippen MR) is 126 cm³/mol. The third-order valence-electron chi connectivity index (χ3n) is 6.19. The van der Waals surface area contributed by atoms with Gasteiger partial charge in [-0.3, -0.25) is 9.59 Å². The molecule has 168 valence electrons. The van der Waals surface area contributed by atoms with Crippen molar-refractivity contribution in [3.05, 3.63) is 70.9 Å². The number of carbonyl (C=O) groups excluding carboxylic acids is 2. The summed E-state index contributed by atoms with van der Waals surface area (Å²) in [5.74, 6) is -0.255. The Labute approximate surface area is 189 Å². The lowest BCUT2D eigenvalue weighted by atomic mass is 9.95. The van der Waals surface area contributed by atoms with Crippen LogP contribution < -0.4 is 5.32 Å². The predicted octanol–water partition coefficient (Wildman–Crippen LogP) is 3.96. The Morgan fingerprint density at radius 2 is 1.84 bits per heavy atom. The van der Waals surface area contributed by atoms with E-state index in [4.69, 9.17) is 4.74 Å². The number of ether oxygens (including phenoxy) is 1. The van der Waals surface area contributed by atoms with Crippen molar-refractivity contribution in [2.75, 3.05) is 19.7 Å². The van der Waals surface area contributed by atoms with Crippen LogP contribution in [0.4, 0.5) is 0 Å². The maximum absolute atomic E-state index is 13.3. The SMILES string of the molecule is Cc1c([C@H]2c3ccccc3C(=O)N2CC(=O)NCCCOC(C)C)c2ccccc2n1C. The average molecular weight is 434 g/mol. The fourth-order valence-corrected chi connectivity index (χ4v) is 4.57. The van der Waals surface area contributed by atoms with Gasteiger partial charge in [0.25, 0.3) is 5.91 Å². The molecule has 1 aliphatic heterocycles. The van der Waals surface area contributed by atoms with E-state index in [0.717, 1.165) is 34.1 Å². The summed E-state index contributed by atoms with van der Waals surface area (Å²) in [5.41, 5.74) is 4.92. The van der Waals surface area contributed by atoms with Crippen molar-refractivity contribution in [2.45, 2.75) is 39.3 Å². The molecule has 0 bridgehead atoms. The summed E-state index contributed by atoms with van der Waals surface area (Å²) in [4.78, 5) is 27.8. The van der Waals surface area contributed by atoms with Gasteiger partial charge in [-0.1, -0.05) is 36.4 Å². The molecule has 32 heavy (non-hydrogen) atoms. The van der Waals surface area contributed by atoms with Crippen molar-refractivity contribution in [1.29, 1.82) is 0 Å². The fourth-order valence-electron chi connectivity index (χ4n) is 4.57. The van der Waals surface area contributed by atoms with Crippen LogP contribution in [0.5, 0.6) is 0 Å². The topological polar surface area (TPSA) is 63.6 Å². The summed E-state index contributed by atoms with van der Waals surface area (Å²) in [6, 6.07) is 15.6. The van der Waals surface area contributed by atoms with Crippen LogP contribution >= 0.6 is 0 Å². The molecule has 1 aromatic heterocycles. The number of hydrogen-bond acceptors (Lipinski definition) is 3. The molecule has 1 atom stereocenters. The first kappa shape index (κ1) is 22.1. The van der Waals surface area contributed by atoms with Gasteiger partial charge in [0, 0.05) is 47.9 Å². The highest BCUT2D eigenvalue weighted by atomic mass is 16.5. The van der Waals surface area contributed by atoms with Crippen LogP contribution in [0.25, 0.3) is 10.9 Å². The van der Waals surface area contributed by atoms with Gasteiger partial charge in [-0.2, -0.15) is 0 Å². The van der Waals surface area contributed by atoms with Gasteiger partial charge in [-0.25, -0.2) is 0 Å². The number of para-hydroxylation sites is 1. The Hall–Kier alpha value is -3.12. The van der Waals surface area contributed by atoms with Gasteiger partial charge >= 0.3 is 0 Å². The summed E-state index contributed by atoms with van der Waals surface area (Å²) in [7, 11) is 2.04. The summed E-state index contributed by atoms with van der Waals surface area (Å²) in [5, 5.41) is 4.05. The Balaban J connectivity index is 1.62. The average Bonchev–Trinajstić information content (AvgIpc) is 3.19. The molecular formula is C26H31N3O3. The first-order valence-corrected chi connectivity index (χ1v) is 11.2. The zero-order valence-corrected chi connectivity index (χ0v) is 19.2. The zero-order chi connectivity index (χ0) is 22.8. The van der Waals surface area contributed by atoms with Crippen molar-refractivity contribution in [3.63, 3.8) is 0 Å². The van der Waals surface area contributed by atoms with E-state index in [1.54, 1.807) is 4.90 Å². The van der Waals surface area contributed by atoms with Crippen LogP contribution in [0.2, 0.25) is 0 Å². The maximum Gasteiger partial charge on any atom is 0.255 e. The molecular weight excluding hydrogens is 402 g/mol. The van der Waals surface area contributed by atoms with Gasteiger partial charge in [0.15, 0.2) is 0 Å². The molecule has 6 nitrogen and oxygen atoms in total. The number of aromatic nitrogens is 1. The van der Waals surface area contributed by atoms with E-state index in [0.29, 0.717) is 18.7 Å². The van der Waals surface area contributed by atoms with Crippen molar-refractivity contribution >= 4 is 22.7 Å². The van der Waals surface area contributed by atoms with Gasteiger partial charge < -0.3 is 19.5 Å². The minimum atomic E-state index is -0.292. The van der Waals surface area contributed by atoms with E-state index in [9.17, 15) is 9.59 Å². The Morgan fingerprint density at radius 3 is 2.62 bits per heavy atom. The van der Waals surface area contributed by atoms with E-state index in [1.807, 2.05) is 57.3 Å². The number of aryl methyl sites for hydroxylation is 1. The van der Waals surface area contributed by atoms with E-state index >= 15 is 0 Å². The summed E-state index contributed by atoms with van der Waals surface area (Å²) in [6.07, 6.45) is 0.917. The Kier molecular flexibility index (Phi) is 6.33. The highest BCUT2D eigenvalue weighted by Crippen LogP contribution is 2.43. The second-order valence-electron chi connectivity index (χ2n) is 8.62. The van der Waals surface area contributed by atoms with Gasteiger partial charge in [-0.15, -0.1) is 0 Å². The maximum atomic E-state index is 13.3. The van der Waals surface area contributed by atoms with E-state index < -0.39 is 0 Å². The zero-order valence-electron chi connectivity index (χ0n) is 19.2. The van der Waals surface area contributed by atoms with Crippen LogP contribution in [0.1, 0.15) is 53.5 Å². The molecule has 2 heterocycles. The Morgan fingerprint density at radius 1 is 1.12 bits per heavy atom. The van der Waals surface area contributed by atoms with Gasteiger partial charge in [-0.05, 0) is 44.9 Å². The summed E-state index contributed by atoms with van der Waals surface area (Å²) >= 11 is 0. The third-order valence-corrected chi connectivity index (χ3v) is 6.19. The van der Waals surface area contributed by atoms with Gasteiger partial charge in [0.05, 0.1) is 12.1 Å². The minimum Gasteiger partial charge on any atom is -0.379 e. The molecule has 0 fully saturated rings. The largest absolute Gasteiger partial charge is 0.379 e. The number of rotatable bonds is 8. The lowest BCUT2D eigenvalue weighted by molar-refractivity contribution is -0.122. The monoisotopic (exact) mass is 433 g/mol. The number of nitrogens with one attached hydrogen (secondary N) is 1. The van der Waals surface area contributed by atoms with Crippen molar-refractivity contribution in [2.24, 2.45) is 7.05 Å². The first-order chi connectivity index (χ1) is 15.4. The molecule has 0 unspecified atom stereocenters. The molecule has 0 aliphatic carbocycles. The Bertz CT molecular complexity index is 1150. The molecule has 0 saturated heterocycles. The number of fused-ring (bicyclic) bond motifs is 2. The lowest BCUT2D eigenvalue weighted by Crippen LogP contribution is -2.40. The van der Waals surface area contributed by atoms with Crippen LogP contribution in [0, 0.1) is 6.92 Å². The van der Waals surface area contributed by atoms with Gasteiger partial charge in [0.1, 0.15) is 6.54 Å². The van der Waals surface area contributed by atoms with E-state index in [-0.39, 0.29) is 30.5 Å². The highest BCUT2D eigenvalue weighted by Gasteiger charge is 2.40. The summed E-state index contributed by atoms with van der Waals surface area (Å²) in [6.45, 7) is 7.21. The van der Waals surface area contributed by atoms with Crippen molar-refractivity contribution in [3.8, 4) is 0 Å². The van der Waals surface area contributed by atoms with Gasteiger partial charge in [0.2, 0.25) is 5.91 Å². The minimum absolute atomic E-state index is 0.0197. The second-order valence-corrected chi connectivity index (χ2v) is 8.62. The van der Waals surface area contributed by atoms with Crippen molar-refractivity contribution < 1.29 is 14.3 Å². The molecule has 6 heteroatoms. The first-order valence-electron chi connectivity index (χ1n) is 11.2. The smallest absolute Gasteiger partial charge is 0.255 e. The standard InChI is InChI=1S/C26H31N3O3/c1-17(2)32-15-9-14-27-23(30)16-29-25(19-10-5-6-11-20(19)26(29)31)24-18(3)28(4)22-13-8-7-12-21(22)24/h5-8,10-13,17,25H,9,14-16H2,1-4H3,(H,27,30)/t25-/m1/s1. The quantitative estimate of drug-likeness (QED) is 0.547. The molecule has 0 saturated carbocycles. The molecule has 1 N–H and O–H groups in total. The van der Waals surface area contributed by atoms with Crippen LogP contribution in [0.15, 0.2) is 48.5 Å². The van der Waals surface area contributed by atoms with E-state index in [1.165, 1.54) is 0 Å². The molecule has 2 aromatic carbocycles. The molecule has 1 aliphatic rings. The number of hydrogen-bond donors (Lipinski definition) is 1. The molecule has 3 aromatic rings. The molecule has 0 spiro atoms. The van der Waals surface area contributed by atoms with Crippen LogP contribution in [0.3, 0.4) is 0 Å². The third kappa shape index (κ3) is 4.02. The normalized spacial score (nSPS) is 15.6. The number of benzene rings is 2. The van der Waals surface area contributed by atoms with Crippen LogP contribution in [-0.2, 0) is 16.6 Å². The molecule has 2 amide bonds. The molecule has 0 radical (unpaired) electrons. The summed E-state index contributed by atoms with van der Waals surface area (Å²) < 4.78 is 7.69. The second kappa shape index (κ2) is 9.17. The highest BCUT2D eigenvalue weighted by molar-refractivity contribution is 6.02.